The molecule has 54 heavy (non-hydrogen) atoms. The molecule has 0 amide bonds. The molecule has 0 unspecified atom stereocenters. The van der Waals surface area contributed by atoms with Crippen LogP contribution < -0.4 is 4.90 Å². The van der Waals surface area contributed by atoms with Crippen LogP contribution in [0.15, 0.2) is 212 Å². The number of hydrogen-bond acceptors (Lipinski definition) is 2. The van der Waals surface area contributed by atoms with E-state index in [4.69, 9.17) is 11.0 Å². The van der Waals surface area contributed by atoms with E-state index >= 15 is 0 Å². The monoisotopic (exact) mass is 720 g/mol. The van der Waals surface area contributed by atoms with Crippen molar-refractivity contribution in [2.24, 2.45) is 0 Å². The summed E-state index contributed by atoms with van der Waals surface area (Å²) in [6.45, 7) is 0. The lowest BCUT2D eigenvalue weighted by atomic mass is 9.93. The van der Waals surface area contributed by atoms with Gasteiger partial charge in [-0.2, -0.15) is 0 Å². The highest BCUT2D eigenvalue weighted by molar-refractivity contribution is 7.25. The van der Waals surface area contributed by atoms with E-state index in [0.717, 1.165) is 42.4 Å². The molecule has 0 radical (unpaired) electrons. The third-order valence-electron chi connectivity index (χ3n) is 9.26. The van der Waals surface area contributed by atoms with Crippen LogP contribution in [-0.2, 0) is 0 Å². The molecule has 10 rings (SSSR count). The molecule has 1 heterocycles. The van der Waals surface area contributed by atoms with Crippen LogP contribution in [0.5, 0.6) is 0 Å². The van der Waals surface area contributed by atoms with E-state index in [1.54, 1.807) is 16.2 Å². The third-order valence-corrected chi connectivity index (χ3v) is 10.4. The summed E-state index contributed by atoms with van der Waals surface area (Å²) >= 11 is 1.61. The molecular weight excluding hydrogens is 671 g/mol. The van der Waals surface area contributed by atoms with Crippen LogP contribution in [0, 0.1) is 0 Å². The average Bonchev–Trinajstić information content (AvgIpc) is 3.74. The molecule has 10 aromatic rings. The van der Waals surface area contributed by atoms with Crippen LogP contribution >= 0.6 is 11.3 Å². The van der Waals surface area contributed by atoms with E-state index in [1.165, 1.54) is 0 Å². The van der Waals surface area contributed by atoms with Crippen molar-refractivity contribution in [1.82, 2.24) is 0 Å². The Balaban J connectivity index is 1.25. The van der Waals surface area contributed by atoms with E-state index in [2.05, 4.69) is 0 Å². The zero-order valence-corrected chi connectivity index (χ0v) is 29.2. The van der Waals surface area contributed by atoms with Crippen molar-refractivity contribution in [2.75, 3.05) is 4.90 Å². The van der Waals surface area contributed by atoms with Crippen LogP contribution in [0.3, 0.4) is 0 Å². The quantitative estimate of drug-likeness (QED) is 0.158. The molecule has 0 spiro atoms. The van der Waals surface area contributed by atoms with Gasteiger partial charge in [-0.05, 0) is 116 Å². The van der Waals surface area contributed by atoms with Crippen molar-refractivity contribution in [2.45, 2.75) is 0 Å². The molecule has 1 aromatic heterocycles. The summed E-state index contributed by atoms with van der Waals surface area (Å²) in [4.78, 5) is 1.66. The van der Waals surface area contributed by atoms with Crippen molar-refractivity contribution in [1.29, 1.82) is 0 Å². The van der Waals surface area contributed by atoms with E-state index < -0.39 is 124 Å². The number of nitrogens with zero attached hydrogens (tertiary/aromatic N) is 1. The molecule has 0 N–H and O–H groups in total. The van der Waals surface area contributed by atoms with Gasteiger partial charge in [0.05, 0.1) is 20.6 Å². The Morgan fingerprint density at radius 3 is 1.67 bits per heavy atom. The summed E-state index contributed by atoms with van der Waals surface area (Å²) in [5.74, 6) is 0. The lowest BCUT2D eigenvalue weighted by Gasteiger charge is -2.27. The summed E-state index contributed by atoms with van der Waals surface area (Å²) in [7, 11) is 0. The molecule has 0 saturated heterocycles. The van der Waals surface area contributed by atoms with Crippen molar-refractivity contribution in [3.8, 4) is 44.5 Å². The molecule has 0 aliphatic heterocycles. The van der Waals surface area contributed by atoms with Gasteiger partial charge < -0.3 is 4.90 Å². The van der Waals surface area contributed by atoms with Crippen LogP contribution in [0.4, 0.5) is 17.1 Å². The first-order valence-electron chi connectivity index (χ1n) is 24.7. The van der Waals surface area contributed by atoms with Crippen LogP contribution in [0.1, 0.15) is 20.6 Å². The maximum atomic E-state index is 9.74. The summed E-state index contributed by atoms with van der Waals surface area (Å²) in [5.41, 5.74) is 2.22. The average molecular weight is 721 g/mol. The number of anilines is 3. The highest BCUT2D eigenvalue weighted by atomic mass is 32.1. The van der Waals surface area contributed by atoms with Crippen molar-refractivity contribution in [3.63, 3.8) is 0 Å². The van der Waals surface area contributed by atoms with Crippen LogP contribution in [-0.4, -0.2) is 0 Å². The Morgan fingerprint density at radius 1 is 0.370 bits per heavy atom. The Bertz CT molecular complexity index is 3740. The lowest BCUT2D eigenvalue weighted by Crippen LogP contribution is -2.10. The van der Waals surface area contributed by atoms with Crippen molar-refractivity contribution >= 4 is 59.3 Å². The minimum Gasteiger partial charge on any atom is -0.310 e. The molecule has 2 heteroatoms. The van der Waals surface area contributed by atoms with Gasteiger partial charge in [-0.3, -0.25) is 0 Å². The standard InChI is InChI=1S/C52H35NS/c1-4-12-36(13-5-1)41-22-20-38-21-23-42(33-43(38)32-41)37-24-26-44(27-25-37)53(46-29-31-52-50(35-46)48-18-10-11-19-51(48)54-52)45-28-30-47(39-14-6-2-7-15-39)49(34-45)40-16-8-3-9-17-40/h1-35H/i1D,4D,5D,12D,13D,20D,21D,22D,23D,24D,25D,26D,27D,32D,33D. The SMILES string of the molecule is [2H]c1c([2H])c([2H])c(-c2c([2H])c([2H])c3c([2H])c([2H])c(-c4c([2H])c([2H])c(N(c5ccc(-c6ccccc6)c(-c6ccccc6)c5)c5ccc6sc7ccccc7c6c5)c([2H])c4[2H])c([2H])c3c2[2H])c([2H])c1[2H]. The Hall–Kier alpha value is -6.74. The lowest BCUT2D eigenvalue weighted by molar-refractivity contribution is 1.29. The molecule has 254 valence electrons. The number of rotatable bonds is 7. The van der Waals surface area contributed by atoms with Gasteiger partial charge in [0.15, 0.2) is 0 Å². The second-order valence-corrected chi connectivity index (χ2v) is 13.6. The molecular formula is C52H35NS. The molecule has 9 aromatic carbocycles. The normalized spacial score (nSPS) is 15.2. The largest absolute Gasteiger partial charge is 0.310 e. The summed E-state index contributed by atoms with van der Waals surface area (Å²) in [5, 5.41) is 0.927. The molecule has 0 aliphatic carbocycles. The predicted octanol–water partition coefficient (Wildman–Crippen LogP) is 15.3. The fourth-order valence-electron chi connectivity index (χ4n) is 6.70. The summed E-state index contributed by atoms with van der Waals surface area (Å²) < 4.78 is 137. The van der Waals surface area contributed by atoms with Gasteiger partial charge >= 0.3 is 0 Å². The van der Waals surface area contributed by atoms with Gasteiger partial charge in [-0.15, -0.1) is 11.3 Å². The third kappa shape index (κ3) is 5.93. The van der Waals surface area contributed by atoms with E-state index in [1.807, 2.05) is 121 Å². The maximum Gasteiger partial charge on any atom is 0.0645 e. The van der Waals surface area contributed by atoms with E-state index in [9.17, 15) is 9.60 Å². The molecule has 0 aliphatic rings. The molecule has 0 bridgehead atoms. The number of thiophene rings is 1. The predicted molar refractivity (Wildman–Crippen MR) is 233 cm³/mol. The summed E-state index contributed by atoms with van der Waals surface area (Å²) in [6, 6.07) is 28.4. The van der Waals surface area contributed by atoms with Gasteiger partial charge in [-0.25, -0.2) is 0 Å². The molecule has 0 saturated carbocycles. The summed E-state index contributed by atoms with van der Waals surface area (Å²) in [6.07, 6.45) is 0. The second kappa shape index (κ2) is 13.7. The minimum atomic E-state index is -0.763. The van der Waals surface area contributed by atoms with Gasteiger partial charge in [0.25, 0.3) is 0 Å². The second-order valence-electron chi connectivity index (χ2n) is 12.5. The topological polar surface area (TPSA) is 3.24 Å². The van der Waals surface area contributed by atoms with Gasteiger partial charge in [-0.1, -0.05) is 151 Å². The smallest absolute Gasteiger partial charge is 0.0645 e. The Labute approximate surface area is 340 Å². The zero-order valence-electron chi connectivity index (χ0n) is 43.4. The first-order valence-corrected chi connectivity index (χ1v) is 18.0. The van der Waals surface area contributed by atoms with E-state index in [-0.39, 0.29) is 5.69 Å². The maximum absolute atomic E-state index is 9.74. The fourth-order valence-corrected chi connectivity index (χ4v) is 7.79. The Morgan fingerprint density at radius 2 is 0.944 bits per heavy atom. The van der Waals surface area contributed by atoms with Gasteiger partial charge in [0.1, 0.15) is 0 Å². The van der Waals surface area contributed by atoms with Gasteiger partial charge in [0, 0.05) is 37.2 Å². The fraction of sp³-hybridized carbons (Fsp3) is 0. The first kappa shape index (κ1) is 19.9. The molecule has 0 atom stereocenters. The van der Waals surface area contributed by atoms with Crippen molar-refractivity contribution < 1.29 is 20.6 Å². The zero-order chi connectivity index (χ0) is 48.9. The van der Waals surface area contributed by atoms with Crippen LogP contribution in [0.25, 0.3) is 75.5 Å². The van der Waals surface area contributed by atoms with Crippen LogP contribution in [0.2, 0.25) is 0 Å². The number of hydrogen-bond donors (Lipinski definition) is 0. The Kier molecular flexibility index (Phi) is 5.04. The first-order chi connectivity index (χ1) is 33.0. The highest BCUT2D eigenvalue weighted by Crippen LogP contribution is 2.44. The van der Waals surface area contributed by atoms with E-state index in [0.29, 0.717) is 11.4 Å². The number of benzene rings is 9. The van der Waals surface area contributed by atoms with Gasteiger partial charge in [0.2, 0.25) is 0 Å². The highest BCUT2D eigenvalue weighted by Gasteiger charge is 2.18. The molecule has 1 nitrogen and oxygen atoms in total. The number of fused-ring (bicyclic) bond motifs is 4. The minimum absolute atomic E-state index is 0.152. The molecule has 0 fully saturated rings. The van der Waals surface area contributed by atoms with Crippen molar-refractivity contribution in [3.05, 3.63) is 212 Å².